The Balaban J connectivity index is 1.72. The summed E-state index contributed by atoms with van der Waals surface area (Å²) in [6.07, 6.45) is 6.91. The van der Waals surface area contributed by atoms with Gasteiger partial charge in [-0.15, -0.1) is 0 Å². The van der Waals surface area contributed by atoms with Crippen LogP contribution in [0, 0.1) is 28.6 Å². The van der Waals surface area contributed by atoms with Gasteiger partial charge in [0.25, 0.3) is 0 Å². The molecule has 0 aromatic carbocycles. The van der Waals surface area contributed by atoms with Crippen LogP contribution in [0.4, 0.5) is 0 Å². The second-order valence-electron chi connectivity index (χ2n) is 7.24. The van der Waals surface area contributed by atoms with E-state index < -0.39 is 0 Å². The molecule has 2 bridgehead atoms. The van der Waals surface area contributed by atoms with Gasteiger partial charge in [0.1, 0.15) is 0 Å². The Hall–Kier alpha value is -0.570. The molecular formula is C15H29N3. The largest absolute Gasteiger partial charge is 0.387 e. The lowest BCUT2D eigenvalue weighted by Crippen LogP contribution is -2.36. The maximum absolute atomic E-state index is 7.59. The Labute approximate surface area is 112 Å². The smallest absolute Gasteiger partial charge is 0.0963 e. The highest BCUT2D eigenvalue weighted by Gasteiger charge is 2.39. The minimum Gasteiger partial charge on any atom is -0.387 e. The summed E-state index contributed by atoms with van der Waals surface area (Å²) in [5.74, 6) is 3.31. The predicted octanol–water partition coefficient (Wildman–Crippen LogP) is 2.71. The third-order valence-electron chi connectivity index (χ3n) is 5.28. The first-order valence-electron chi connectivity index (χ1n) is 7.41. The van der Waals surface area contributed by atoms with Gasteiger partial charge in [-0.25, -0.2) is 0 Å². The van der Waals surface area contributed by atoms with Gasteiger partial charge in [0.2, 0.25) is 0 Å². The van der Waals surface area contributed by atoms with Crippen molar-refractivity contribution in [2.45, 2.75) is 46.0 Å². The molecule has 0 radical (unpaired) electrons. The standard InChI is InChI=1S/C15H29N3/c1-15(2,14(16)17)6-7-18(3)10-13-9-11-4-5-12(13)8-11/h11-13H,4-10H2,1-3H3,(H3,16,17). The van der Waals surface area contributed by atoms with Gasteiger partial charge < -0.3 is 10.6 Å². The molecule has 2 aliphatic carbocycles. The van der Waals surface area contributed by atoms with Crippen molar-refractivity contribution in [3.05, 3.63) is 0 Å². The highest BCUT2D eigenvalue weighted by atomic mass is 15.1. The number of hydrogen-bond donors (Lipinski definition) is 2. The first kappa shape index (κ1) is 13.9. The van der Waals surface area contributed by atoms with Crippen molar-refractivity contribution >= 4 is 5.84 Å². The molecule has 2 fully saturated rings. The average Bonchev–Trinajstić information content (AvgIpc) is 2.88. The van der Waals surface area contributed by atoms with Gasteiger partial charge in [0, 0.05) is 12.0 Å². The lowest BCUT2D eigenvalue weighted by Gasteiger charge is -2.30. The maximum atomic E-state index is 7.59. The predicted molar refractivity (Wildman–Crippen MR) is 76.7 cm³/mol. The number of nitrogens with one attached hydrogen (secondary N) is 1. The normalized spacial score (nSPS) is 31.2. The van der Waals surface area contributed by atoms with E-state index in [1.165, 1.54) is 32.2 Å². The lowest BCUT2D eigenvalue weighted by molar-refractivity contribution is 0.206. The SMILES string of the molecule is CN(CCC(C)(C)C(=N)N)CC1CC2CCC1C2. The van der Waals surface area contributed by atoms with E-state index in [9.17, 15) is 0 Å². The molecule has 0 heterocycles. The first-order valence-corrected chi connectivity index (χ1v) is 7.41. The molecule has 3 N–H and O–H groups in total. The fourth-order valence-electron chi connectivity index (χ4n) is 3.70. The van der Waals surface area contributed by atoms with Gasteiger partial charge in [-0.1, -0.05) is 20.3 Å². The van der Waals surface area contributed by atoms with E-state index in [-0.39, 0.29) is 5.41 Å². The van der Waals surface area contributed by atoms with Crippen LogP contribution in [0.25, 0.3) is 0 Å². The van der Waals surface area contributed by atoms with Crippen molar-refractivity contribution in [3.63, 3.8) is 0 Å². The summed E-state index contributed by atoms with van der Waals surface area (Å²) < 4.78 is 0. The van der Waals surface area contributed by atoms with Crippen LogP contribution in [-0.2, 0) is 0 Å². The van der Waals surface area contributed by atoms with E-state index in [1.54, 1.807) is 0 Å². The third-order valence-corrected chi connectivity index (χ3v) is 5.28. The molecule has 0 saturated heterocycles. The van der Waals surface area contributed by atoms with Gasteiger partial charge in [0.15, 0.2) is 0 Å². The quantitative estimate of drug-likeness (QED) is 0.563. The zero-order valence-corrected chi connectivity index (χ0v) is 12.2. The molecule has 0 amide bonds. The second kappa shape index (κ2) is 5.20. The van der Waals surface area contributed by atoms with E-state index in [2.05, 4.69) is 25.8 Å². The van der Waals surface area contributed by atoms with Crippen molar-refractivity contribution in [1.82, 2.24) is 4.90 Å². The van der Waals surface area contributed by atoms with E-state index in [0.29, 0.717) is 5.84 Å². The van der Waals surface area contributed by atoms with Crippen LogP contribution in [0.2, 0.25) is 0 Å². The monoisotopic (exact) mass is 251 g/mol. The fourth-order valence-corrected chi connectivity index (χ4v) is 3.70. The van der Waals surface area contributed by atoms with Crippen LogP contribution in [0.1, 0.15) is 46.0 Å². The summed E-state index contributed by atoms with van der Waals surface area (Å²) in [4.78, 5) is 2.45. The molecule has 3 nitrogen and oxygen atoms in total. The van der Waals surface area contributed by atoms with Crippen molar-refractivity contribution in [2.24, 2.45) is 28.9 Å². The molecule has 18 heavy (non-hydrogen) atoms. The number of hydrogen-bond acceptors (Lipinski definition) is 2. The van der Waals surface area contributed by atoms with Gasteiger partial charge in [-0.05, 0) is 57.0 Å². The molecule has 3 atom stereocenters. The van der Waals surface area contributed by atoms with Crippen LogP contribution >= 0.6 is 0 Å². The summed E-state index contributed by atoms with van der Waals surface area (Å²) in [5, 5.41) is 7.59. The molecule has 104 valence electrons. The summed E-state index contributed by atoms with van der Waals surface area (Å²) in [6.45, 7) is 6.44. The Kier molecular flexibility index (Phi) is 4.00. The second-order valence-corrected chi connectivity index (χ2v) is 7.24. The molecule has 3 heteroatoms. The molecule has 0 aromatic rings. The Morgan fingerprint density at radius 1 is 1.33 bits per heavy atom. The Morgan fingerprint density at radius 3 is 2.56 bits per heavy atom. The number of amidine groups is 1. The van der Waals surface area contributed by atoms with Gasteiger partial charge in [0.05, 0.1) is 5.84 Å². The van der Waals surface area contributed by atoms with Crippen LogP contribution in [0.5, 0.6) is 0 Å². The molecule has 3 unspecified atom stereocenters. The van der Waals surface area contributed by atoms with E-state index >= 15 is 0 Å². The molecule has 0 aliphatic heterocycles. The molecule has 2 aliphatic rings. The van der Waals surface area contributed by atoms with Crippen molar-refractivity contribution < 1.29 is 0 Å². The summed E-state index contributed by atoms with van der Waals surface area (Å²) in [7, 11) is 2.22. The molecule has 0 spiro atoms. The van der Waals surface area contributed by atoms with Crippen LogP contribution in [0.3, 0.4) is 0 Å². The molecule has 0 aromatic heterocycles. The fraction of sp³-hybridized carbons (Fsp3) is 0.933. The van der Waals surface area contributed by atoms with Crippen LogP contribution < -0.4 is 5.73 Å². The zero-order chi connectivity index (χ0) is 13.3. The number of fused-ring (bicyclic) bond motifs is 2. The number of rotatable bonds is 6. The summed E-state index contributed by atoms with van der Waals surface area (Å²) >= 11 is 0. The molecule has 2 rings (SSSR count). The van der Waals surface area contributed by atoms with Crippen molar-refractivity contribution in [1.29, 1.82) is 5.41 Å². The van der Waals surface area contributed by atoms with Crippen LogP contribution in [0.15, 0.2) is 0 Å². The van der Waals surface area contributed by atoms with E-state index in [0.717, 1.165) is 30.7 Å². The summed E-state index contributed by atoms with van der Waals surface area (Å²) in [6, 6.07) is 0. The molecular weight excluding hydrogens is 222 g/mol. The highest BCUT2D eigenvalue weighted by Crippen LogP contribution is 2.48. The summed E-state index contributed by atoms with van der Waals surface area (Å²) in [5.41, 5.74) is 5.48. The average molecular weight is 251 g/mol. The molecule has 2 saturated carbocycles. The van der Waals surface area contributed by atoms with E-state index in [1.807, 2.05) is 0 Å². The number of nitrogens with zero attached hydrogens (tertiary/aromatic N) is 1. The maximum Gasteiger partial charge on any atom is 0.0963 e. The topological polar surface area (TPSA) is 53.1 Å². The number of nitrogens with two attached hydrogens (primary N) is 1. The Morgan fingerprint density at radius 2 is 2.06 bits per heavy atom. The van der Waals surface area contributed by atoms with E-state index in [4.69, 9.17) is 11.1 Å². The zero-order valence-electron chi connectivity index (χ0n) is 12.2. The van der Waals surface area contributed by atoms with Crippen molar-refractivity contribution in [2.75, 3.05) is 20.1 Å². The van der Waals surface area contributed by atoms with Crippen molar-refractivity contribution in [3.8, 4) is 0 Å². The van der Waals surface area contributed by atoms with Gasteiger partial charge in [-0.2, -0.15) is 0 Å². The third kappa shape index (κ3) is 3.05. The van der Waals surface area contributed by atoms with Crippen LogP contribution in [-0.4, -0.2) is 30.9 Å². The highest BCUT2D eigenvalue weighted by molar-refractivity contribution is 5.82. The lowest BCUT2D eigenvalue weighted by atomic mass is 9.86. The van der Waals surface area contributed by atoms with Gasteiger partial charge in [-0.3, -0.25) is 5.41 Å². The minimum atomic E-state index is -0.150. The first-order chi connectivity index (χ1) is 8.38. The Bertz CT molecular complexity index is 311. The van der Waals surface area contributed by atoms with Gasteiger partial charge >= 0.3 is 0 Å². The minimum absolute atomic E-state index is 0.150.